The van der Waals surface area contributed by atoms with Gasteiger partial charge in [0, 0.05) is 12.1 Å². The molecule has 1 aliphatic carbocycles. The van der Waals surface area contributed by atoms with Gasteiger partial charge in [-0.3, -0.25) is 4.79 Å². The van der Waals surface area contributed by atoms with Crippen LogP contribution >= 0.6 is 11.3 Å². The Balaban J connectivity index is 1.15. The van der Waals surface area contributed by atoms with Crippen molar-refractivity contribution in [2.45, 2.75) is 32.0 Å². The number of aromatic hydroxyl groups is 1. The van der Waals surface area contributed by atoms with E-state index in [1.54, 1.807) is 6.07 Å². The van der Waals surface area contributed by atoms with Gasteiger partial charge in [0.15, 0.2) is 0 Å². The Hall–Kier alpha value is -3.65. The number of aromatic nitrogens is 1. The molecule has 1 aromatic heterocycles. The van der Waals surface area contributed by atoms with Gasteiger partial charge in [0.05, 0.1) is 24.0 Å². The van der Waals surface area contributed by atoms with E-state index in [0.717, 1.165) is 58.7 Å². The number of phenols is 1. The van der Waals surface area contributed by atoms with E-state index in [1.807, 2.05) is 48.5 Å². The smallest absolute Gasteiger partial charge is 0.305 e. The number of hydrogen-bond acceptors (Lipinski definition) is 6. The molecule has 6 nitrogen and oxygen atoms in total. The van der Waals surface area contributed by atoms with Gasteiger partial charge in [0.2, 0.25) is 0 Å². The highest BCUT2D eigenvalue weighted by Gasteiger charge is 2.19. The minimum atomic E-state index is -0.287. The lowest BCUT2D eigenvalue weighted by Gasteiger charge is -2.20. The van der Waals surface area contributed by atoms with E-state index >= 15 is 0 Å². The molecule has 0 aliphatic heterocycles. The number of phenolic OH excluding ortho intramolecular Hbond substituents is 1. The molecule has 7 heteroatoms. The van der Waals surface area contributed by atoms with Crippen LogP contribution in [0.3, 0.4) is 0 Å². The van der Waals surface area contributed by atoms with Crippen molar-refractivity contribution in [2.75, 3.05) is 19.7 Å². The summed E-state index contributed by atoms with van der Waals surface area (Å²) in [5.41, 5.74) is 3.66. The molecule has 4 aromatic rings. The zero-order valence-electron chi connectivity index (χ0n) is 21.8. The fraction of sp³-hybridized carbons (Fsp3) is 0.281. The van der Waals surface area contributed by atoms with Crippen molar-refractivity contribution >= 4 is 21.6 Å². The zero-order chi connectivity index (χ0) is 26.9. The van der Waals surface area contributed by atoms with E-state index in [-0.39, 0.29) is 16.7 Å². The second-order valence-corrected chi connectivity index (χ2v) is 10.7. The lowest BCUT2D eigenvalue weighted by molar-refractivity contribution is 0.0410. The lowest BCUT2D eigenvalue weighted by atomic mass is 9.98. The molecular weight excluding hydrogens is 508 g/mol. The first-order valence-electron chi connectivity index (χ1n) is 13.4. The number of allylic oxidation sites excluding steroid dienone is 4. The van der Waals surface area contributed by atoms with Gasteiger partial charge in [-0.15, -0.1) is 0 Å². The summed E-state index contributed by atoms with van der Waals surface area (Å²) in [6.45, 7) is 2.51. The number of fused-ring (bicyclic) bond motifs is 1. The number of rotatable bonds is 13. The van der Waals surface area contributed by atoms with E-state index in [1.165, 1.54) is 5.56 Å². The molecule has 0 spiro atoms. The van der Waals surface area contributed by atoms with Crippen LogP contribution in [0.2, 0.25) is 0 Å². The number of ether oxygens (including phenoxy) is 2. The van der Waals surface area contributed by atoms with Crippen molar-refractivity contribution in [3.8, 4) is 11.5 Å². The van der Waals surface area contributed by atoms with Crippen LogP contribution in [-0.4, -0.2) is 29.8 Å². The summed E-state index contributed by atoms with van der Waals surface area (Å²) < 4.78 is 13.0. The minimum Gasteiger partial charge on any atom is -0.506 e. The van der Waals surface area contributed by atoms with Crippen molar-refractivity contribution in [3.05, 3.63) is 117 Å². The molecule has 1 heterocycles. The van der Waals surface area contributed by atoms with Gasteiger partial charge < -0.3 is 24.9 Å². The third-order valence-corrected chi connectivity index (χ3v) is 7.83. The number of nitrogens with one attached hydrogen (secondary N) is 2. The lowest BCUT2D eigenvalue weighted by Crippen LogP contribution is -2.25. The molecule has 0 radical (unpaired) electrons. The van der Waals surface area contributed by atoms with Gasteiger partial charge in [-0.2, -0.15) is 0 Å². The molecule has 1 aliphatic rings. The van der Waals surface area contributed by atoms with Crippen LogP contribution in [0.5, 0.6) is 11.5 Å². The van der Waals surface area contributed by atoms with Crippen molar-refractivity contribution in [3.63, 3.8) is 0 Å². The summed E-state index contributed by atoms with van der Waals surface area (Å²) in [7, 11) is 0. The monoisotopic (exact) mass is 542 g/mol. The van der Waals surface area contributed by atoms with Crippen LogP contribution in [0.1, 0.15) is 35.6 Å². The van der Waals surface area contributed by atoms with Gasteiger partial charge in [0.1, 0.15) is 17.0 Å². The molecule has 0 amide bonds. The Kier molecular flexibility index (Phi) is 9.27. The maximum absolute atomic E-state index is 12.0. The van der Waals surface area contributed by atoms with Crippen LogP contribution < -0.4 is 14.9 Å². The second-order valence-electron chi connectivity index (χ2n) is 9.72. The highest BCUT2D eigenvalue weighted by Crippen LogP contribution is 2.33. The molecule has 2 atom stereocenters. The normalized spacial score (nSPS) is 15.5. The first-order valence-corrected chi connectivity index (χ1v) is 14.2. The summed E-state index contributed by atoms with van der Waals surface area (Å²) in [6, 6.07) is 21.8. The Labute approximate surface area is 232 Å². The van der Waals surface area contributed by atoms with Crippen LogP contribution in [0.15, 0.2) is 95.8 Å². The SMILES string of the molecule is O=c1[nH]c2c(O)ccc(C(CNCCc3ccc(OCCC4C=CC=CC4)cc3)OCc3ccccc3)c2s1. The predicted molar refractivity (Wildman–Crippen MR) is 158 cm³/mol. The molecule has 39 heavy (non-hydrogen) atoms. The number of benzene rings is 3. The average molecular weight is 543 g/mol. The van der Waals surface area contributed by atoms with Gasteiger partial charge >= 0.3 is 4.87 Å². The fourth-order valence-electron chi connectivity index (χ4n) is 4.71. The van der Waals surface area contributed by atoms with E-state index in [4.69, 9.17) is 9.47 Å². The fourth-order valence-corrected chi connectivity index (χ4v) is 5.63. The average Bonchev–Trinajstić information content (AvgIpc) is 3.37. The summed E-state index contributed by atoms with van der Waals surface area (Å²) in [5.74, 6) is 1.54. The number of hydrogen-bond donors (Lipinski definition) is 3. The maximum atomic E-state index is 12.0. The molecule has 202 valence electrons. The van der Waals surface area contributed by atoms with Crippen LogP contribution in [0, 0.1) is 5.92 Å². The molecule has 5 rings (SSSR count). The Bertz CT molecular complexity index is 1460. The first-order chi connectivity index (χ1) is 19.2. The molecule has 3 aromatic carbocycles. The molecule has 0 saturated carbocycles. The van der Waals surface area contributed by atoms with E-state index in [0.29, 0.717) is 31.2 Å². The summed E-state index contributed by atoms with van der Waals surface area (Å²) in [5, 5.41) is 13.8. The topological polar surface area (TPSA) is 83.6 Å². The van der Waals surface area contributed by atoms with Gasteiger partial charge in [-0.25, -0.2) is 0 Å². The van der Waals surface area contributed by atoms with Crippen LogP contribution in [0.25, 0.3) is 10.2 Å². The third-order valence-electron chi connectivity index (χ3n) is 6.90. The number of aromatic amines is 1. The second kappa shape index (κ2) is 13.4. The Morgan fingerprint density at radius 1 is 1.03 bits per heavy atom. The van der Waals surface area contributed by atoms with Crippen LogP contribution in [-0.2, 0) is 17.8 Å². The van der Waals surface area contributed by atoms with Crippen molar-refractivity contribution < 1.29 is 14.6 Å². The van der Waals surface area contributed by atoms with Crippen molar-refractivity contribution in [1.82, 2.24) is 10.3 Å². The molecule has 3 N–H and O–H groups in total. The van der Waals surface area contributed by atoms with Crippen LogP contribution in [0.4, 0.5) is 0 Å². The maximum Gasteiger partial charge on any atom is 0.305 e. The number of thiazole rings is 1. The largest absolute Gasteiger partial charge is 0.506 e. The minimum absolute atomic E-state index is 0.0669. The first kappa shape index (κ1) is 26.9. The predicted octanol–water partition coefficient (Wildman–Crippen LogP) is 6.29. The van der Waals surface area contributed by atoms with Gasteiger partial charge in [-0.1, -0.05) is 84.2 Å². The molecule has 0 bridgehead atoms. The van der Waals surface area contributed by atoms with Crippen molar-refractivity contribution in [2.24, 2.45) is 5.92 Å². The number of H-pyrrole nitrogens is 1. The summed E-state index contributed by atoms with van der Waals surface area (Å²) >= 11 is 1.10. The quantitative estimate of drug-likeness (QED) is 0.173. The highest BCUT2D eigenvalue weighted by molar-refractivity contribution is 7.16. The van der Waals surface area contributed by atoms with Gasteiger partial charge in [-0.05, 0) is 61.1 Å². The van der Waals surface area contributed by atoms with E-state index in [2.05, 4.69) is 46.7 Å². The highest BCUT2D eigenvalue weighted by atomic mass is 32.1. The molecule has 0 saturated heterocycles. The molecule has 2 unspecified atom stereocenters. The zero-order valence-corrected chi connectivity index (χ0v) is 22.7. The van der Waals surface area contributed by atoms with E-state index in [9.17, 15) is 9.90 Å². The summed E-state index contributed by atoms with van der Waals surface area (Å²) in [6.07, 6.45) is 11.4. The summed E-state index contributed by atoms with van der Waals surface area (Å²) in [4.78, 5) is 14.6. The van der Waals surface area contributed by atoms with Gasteiger partial charge in [0.25, 0.3) is 0 Å². The molecule has 0 fully saturated rings. The molecular formula is C32H34N2O4S. The van der Waals surface area contributed by atoms with Crippen molar-refractivity contribution in [1.29, 1.82) is 0 Å². The standard InChI is InChI=1S/C32H34N2O4S/c35-28-16-15-27(31-30(28)34-32(36)39-31)29(38-22-25-9-5-2-6-10-25)21-33-19-17-24-11-13-26(14-12-24)37-20-18-23-7-3-1-4-8-23/h1-7,9-16,23,29,33,35H,8,17-22H2,(H,34,36). The van der Waals surface area contributed by atoms with E-state index < -0.39 is 0 Å². The Morgan fingerprint density at radius 3 is 2.67 bits per heavy atom. The Morgan fingerprint density at radius 2 is 1.87 bits per heavy atom. The third kappa shape index (κ3) is 7.47.